The number of fused-ring (bicyclic) bond motifs is 8. The third-order valence-corrected chi connectivity index (χ3v) is 16.3. The predicted molar refractivity (Wildman–Crippen MR) is 276 cm³/mol. The molecule has 0 bridgehead atoms. The van der Waals surface area contributed by atoms with Crippen LogP contribution < -0.4 is 33.6 Å². The van der Waals surface area contributed by atoms with E-state index in [9.17, 15) is 19.2 Å². The topological polar surface area (TPSA) is 140 Å². The smallest absolute Gasteiger partial charge is 0.261 e. The van der Waals surface area contributed by atoms with Gasteiger partial charge in [-0.25, -0.2) is 0 Å². The van der Waals surface area contributed by atoms with Crippen molar-refractivity contribution in [1.29, 1.82) is 0 Å². The number of benzene rings is 5. The van der Waals surface area contributed by atoms with E-state index in [-0.39, 0.29) is 53.5 Å². The van der Waals surface area contributed by atoms with Crippen molar-refractivity contribution >= 4 is 86.0 Å². The summed E-state index contributed by atoms with van der Waals surface area (Å²) in [4.78, 5) is 68.3. The monoisotopic (exact) mass is 965 g/mol. The van der Waals surface area contributed by atoms with Crippen LogP contribution in [0.1, 0.15) is 89.4 Å². The summed E-state index contributed by atoms with van der Waals surface area (Å²) in [6, 6.07) is 28.1. The predicted octanol–water partition coefficient (Wildman–Crippen LogP) is 10.7. The molecule has 0 fully saturated rings. The van der Waals surface area contributed by atoms with Crippen molar-refractivity contribution in [1.82, 2.24) is 0 Å². The van der Waals surface area contributed by atoms with Crippen LogP contribution >= 0.6 is 21.6 Å². The van der Waals surface area contributed by atoms with Crippen LogP contribution in [-0.2, 0) is 35.6 Å². The van der Waals surface area contributed by atoms with Gasteiger partial charge >= 0.3 is 0 Å². The number of nitrogens with zero attached hydrogens (tertiary/aromatic N) is 5. The number of aliphatic imine (C=N–C) groups is 2. The number of carbonyl (C=O) groups excluding carboxylic acids is 4. The normalized spacial score (nSPS) is 16.4. The maximum absolute atomic E-state index is 14.1. The quantitative estimate of drug-likeness (QED) is 0.0616. The van der Waals surface area contributed by atoms with Gasteiger partial charge in [0.2, 0.25) is 5.91 Å². The molecule has 5 aromatic rings. The molecule has 0 N–H and O–H groups in total. The van der Waals surface area contributed by atoms with Crippen molar-refractivity contribution < 1.29 is 38.1 Å². The van der Waals surface area contributed by atoms with Crippen molar-refractivity contribution in [3.05, 3.63) is 124 Å². The first-order valence-corrected chi connectivity index (χ1v) is 25.4. The lowest BCUT2D eigenvalue weighted by atomic mass is 10.1. The van der Waals surface area contributed by atoms with Crippen molar-refractivity contribution in [2.75, 3.05) is 41.7 Å². The minimum Gasteiger partial charge on any atom is -0.493 e. The standard InChI is InChI=1S/C54H55N5O8S2/c1-33(60)12-11-19-68-69-54(2,3)18-17-51(61)57(4)38-21-34(31-66-49-27-43-41(25-47(49)64-5)52(62)58-39(29-55-43)23-36-13-7-9-15-45(36)58)20-35(22-38)32-67-50-28-44-42(26-48(50)65-6)53(63)59-40(30-56-44)24-37-14-8-10-16-46(37)59/h7-10,13-16,20-22,25-30,39-40H,11-12,17-19,23-24,31-32H2,1-6H3/t39-,40-/m0/s1. The van der Waals surface area contributed by atoms with Crippen LogP contribution in [0.4, 0.5) is 28.4 Å². The third kappa shape index (κ3) is 10.1. The number of methoxy groups -OCH3 is 2. The zero-order valence-corrected chi connectivity index (χ0v) is 41.3. The zero-order valence-electron chi connectivity index (χ0n) is 39.7. The Morgan fingerprint density at radius 2 is 1.22 bits per heavy atom. The minimum absolute atomic E-state index is 0.0497. The van der Waals surface area contributed by atoms with Crippen molar-refractivity contribution in [3.63, 3.8) is 0 Å². The van der Waals surface area contributed by atoms with Gasteiger partial charge in [0.1, 0.15) is 19.0 Å². The van der Waals surface area contributed by atoms with Gasteiger partial charge in [-0.2, -0.15) is 0 Å². The summed E-state index contributed by atoms with van der Waals surface area (Å²) in [6.45, 7) is 6.06. The molecular formula is C54H55N5O8S2. The van der Waals surface area contributed by atoms with E-state index in [4.69, 9.17) is 28.9 Å². The second-order valence-electron chi connectivity index (χ2n) is 18.3. The van der Waals surface area contributed by atoms with E-state index >= 15 is 0 Å². The first-order chi connectivity index (χ1) is 33.3. The number of Topliss-reactive ketones (excluding diaryl/α,β-unsaturated/α-hetero) is 1. The number of amides is 3. The van der Waals surface area contributed by atoms with Crippen LogP contribution in [0.3, 0.4) is 0 Å². The molecule has 0 aliphatic carbocycles. The van der Waals surface area contributed by atoms with Gasteiger partial charge in [0.25, 0.3) is 11.8 Å². The van der Waals surface area contributed by atoms with Crippen molar-refractivity contribution in [2.24, 2.45) is 9.98 Å². The van der Waals surface area contributed by atoms with E-state index in [1.54, 1.807) is 74.5 Å². The van der Waals surface area contributed by atoms with Crippen LogP contribution in [0.2, 0.25) is 0 Å². The number of rotatable bonds is 18. The lowest BCUT2D eigenvalue weighted by molar-refractivity contribution is -0.118. The molecule has 3 amide bonds. The highest BCUT2D eigenvalue weighted by Gasteiger charge is 2.38. The summed E-state index contributed by atoms with van der Waals surface area (Å²) >= 11 is 0. The van der Waals surface area contributed by atoms with Gasteiger partial charge in [-0.3, -0.25) is 34.2 Å². The van der Waals surface area contributed by atoms with Crippen LogP contribution in [0.15, 0.2) is 101 Å². The van der Waals surface area contributed by atoms with Gasteiger partial charge in [0.05, 0.1) is 48.8 Å². The fourth-order valence-electron chi connectivity index (χ4n) is 9.15. The zero-order chi connectivity index (χ0) is 48.4. The van der Waals surface area contributed by atoms with E-state index in [0.29, 0.717) is 83.3 Å². The molecule has 2 atom stereocenters. The average molecular weight is 966 g/mol. The molecule has 69 heavy (non-hydrogen) atoms. The second-order valence-corrected chi connectivity index (χ2v) is 21.4. The molecule has 0 aromatic heterocycles. The Morgan fingerprint density at radius 3 is 1.71 bits per heavy atom. The third-order valence-electron chi connectivity index (χ3n) is 12.8. The molecule has 4 heterocycles. The van der Waals surface area contributed by atoms with E-state index in [1.807, 2.05) is 79.2 Å². The van der Waals surface area contributed by atoms with E-state index in [0.717, 1.165) is 45.8 Å². The molecule has 0 saturated carbocycles. The maximum Gasteiger partial charge on any atom is 0.261 e. The second kappa shape index (κ2) is 20.2. The first-order valence-electron chi connectivity index (χ1n) is 23.1. The molecule has 9 rings (SSSR count). The summed E-state index contributed by atoms with van der Waals surface area (Å²) in [6.07, 6.45) is 7.39. The maximum atomic E-state index is 14.1. The van der Waals surface area contributed by atoms with E-state index < -0.39 is 0 Å². The van der Waals surface area contributed by atoms with E-state index in [1.165, 1.54) is 14.2 Å². The van der Waals surface area contributed by atoms with Gasteiger partial charge < -0.3 is 28.6 Å². The van der Waals surface area contributed by atoms with Gasteiger partial charge in [-0.1, -0.05) is 58.0 Å². The Kier molecular flexibility index (Phi) is 13.9. The molecule has 13 nitrogen and oxygen atoms in total. The Balaban J connectivity index is 0.962. The SMILES string of the molecule is COc1cc2c(cc1OCc1cc(COc3cc4c(cc3OC)C(=O)N3c5ccccc5C[C@H]3C=N4)cc(N(C)C(=O)CCC(C)(C)SSCCCC(C)=O)c1)N=C[C@@H]1Cc3ccccc3N1C2=O. The highest BCUT2D eigenvalue weighted by molar-refractivity contribution is 8.77. The fraction of sp³-hybridized carbons (Fsp3) is 0.333. The van der Waals surface area contributed by atoms with Crippen LogP contribution in [0, 0.1) is 0 Å². The molecule has 4 aliphatic heterocycles. The summed E-state index contributed by atoms with van der Waals surface area (Å²) in [5.74, 6) is 2.28. The Morgan fingerprint density at radius 1 is 0.710 bits per heavy atom. The van der Waals surface area contributed by atoms with Gasteiger partial charge in [-0.15, -0.1) is 0 Å². The van der Waals surface area contributed by atoms with Crippen LogP contribution in [-0.4, -0.2) is 79.8 Å². The molecule has 0 radical (unpaired) electrons. The first kappa shape index (κ1) is 47.5. The molecule has 0 saturated heterocycles. The van der Waals surface area contributed by atoms with Crippen LogP contribution in [0.25, 0.3) is 0 Å². The Bertz CT molecular complexity index is 2740. The minimum atomic E-state index is -0.204. The highest BCUT2D eigenvalue weighted by atomic mass is 33.1. The van der Waals surface area contributed by atoms with Crippen LogP contribution in [0.5, 0.6) is 23.0 Å². The average Bonchev–Trinajstić information content (AvgIpc) is 3.84. The molecule has 356 valence electrons. The number of hydrogen-bond donors (Lipinski definition) is 0. The number of carbonyl (C=O) groups is 4. The molecule has 15 heteroatoms. The Hall–Kier alpha value is -6.58. The number of hydrogen-bond acceptors (Lipinski definition) is 12. The molecule has 4 aliphatic rings. The van der Waals surface area contributed by atoms with Crippen molar-refractivity contribution in [3.8, 4) is 23.0 Å². The van der Waals surface area contributed by atoms with Gasteiger partial charge in [-0.05, 0) is 98.3 Å². The Labute approximate surface area is 410 Å². The molecule has 5 aromatic carbocycles. The van der Waals surface area contributed by atoms with Gasteiger partial charge in [0.15, 0.2) is 23.0 Å². The molecular weight excluding hydrogens is 911 g/mol. The number of anilines is 3. The summed E-state index contributed by atoms with van der Waals surface area (Å²) in [5, 5.41) is 0. The number of para-hydroxylation sites is 2. The lowest BCUT2D eigenvalue weighted by Gasteiger charge is -2.25. The highest BCUT2D eigenvalue weighted by Crippen LogP contribution is 2.44. The lowest BCUT2D eigenvalue weighted by Crippen LogP contribution is -2.37. The number of ketones is 1. The summed E-state index contributed by atoms with van der Waals surface area (Å²) in [5.41, 5.74) is 7.91. The van der Waals surface area contributed by atoms with E-state index in [2.05, 4.69) is 13.8 Å². The summed E-state index contributed by atoms with van der Waals surface area (Å²) < 4.78 is 24.4. The fourth-order valence-corrected chi connectivity index (χ4v) is 11.8. The molecule has 0 unspecified atom stereocenters. The molecule has 0 spiro atoms. The van der Waals surface area contributed by atoms with Crippen molar-refractivity contribution in [2.45, 2.75) is 89.3 Å². The largest absolute Gasteiger partial charge is 0.493 e. The summed E-state index contributed by atoms with van der Waals surface area (Å²) in [7, 11) is 8.33. The number of ether oxygens (including phenoxy) is 4. The van der Waals surface area contributed by atoms with Gasteiger partial charge in [0, 0.05) is 84.9 Å².